The largest absolute Gasteiger partial charge is 0.446 e. The van der Waals surface area contributed by atoms with Gasteiger partial charge < -0.3 is 20.1 Å². The molecule has 0 aliphatic heterocycles. The van der Waals surface area contributed by atoms with Gasteiger partial charge in [-0.25, -0.2) is 9.59 Å². The third kappa shape index (κ3) is 5.82. The third-order valence-corrected chi connectivity index (χ3v) is 16.7. The van der Waals surface area contributed by atoms with Gasteiger partial charge in [-0.05, 0) is 147 Å². The van der Waals surface area contributed by atoms with Crippen molar-refractivity contribution in [3.05, 3.63) is 23.3 Å². The van der Waals surface area contributed by atoms with Gasteiger partial charge in [-0.3, -0.25) is 9.59 Å². The van der Waals surface area contributed by atoms with E-state index in [1.165, 1.54) is 11.1 Å². The van der Waals surface area contributed by atoms with Crippen molar-refractivity contribution in [1.82, 2.24) is 10.6 Å². The molecular weight excluding hydrogens is 640 g/mol. The van der Waals surface area contributed by atoms with Crippen LogP contribution in [0.1, 0.15) is 119 Å². The van der Waals surface area contributed by atoms with Crippen molar-refractivity contribution in [2.45, 2.75) is 131 Å². The van der Waals surface area contributed by atoms with Gasteiger partial charge in [0, 0.05) is 23.7 Å². The second-order valence-electron chi connectivity index (χ2n) is 19.4. The Balaban J connectivity index is 0.845. The van der Waals surface area contributed by atoms with Gasteiger partial charge in [0.1, 0.15) is 12.2 Å². The van der Waals surface area contributed by atoms with Crippen LogP contribution in [0.4, 0.5) is 9.59 Å². The molecule has 0 aromatic rings. The summed E-state index contributed by atoms with van der Waals surface area (Å²) >= 11 is 0. The number of ether oxygens (including phenoxy) is 2. The zero-order chi connectivity index (χ0) is 36.0. The van der Waals surface area contributed by atoms with Crippen LogP contribution in [0.5, 0.6) is 0 Å². The van der Waals surface area contributed by atoms with E-state index >= 15 is 0 Å². The van der Waals surface area contributed by atoms with Gasteiger partial charge in [0.2, 0.25) is 0 Å². The predicted molar refractivity (Wildman–Crippen MR) is 194 cm³/mol. The van der Waals surface area contributed by atoms with Gasteiger partial charge in [-0.15, -0.1) is 0 Å². The van der Waals surface area contributed by atoms with Crippen LogP contribution in [0.3, 0.4) is 0 Å². The molecule has 8 aliphatic carbocycles. The lowest BCUT2D eigenvalue weighted by molar-refractivity contribution is -0.119. The number of nitrogens with one attached hydrogen (secondary N) is 2. The fourth-order valence-electron chi connectivity index (χ4n) is 15.1. The molecule has 0 saturated heterocycles. The van der Waals surface area contributed by atoms with E-state index in [4.69, 9.17) is 9.47 Å². The average molecular weight is 703 g/mol. The Morgan fingerprint density at radius 2 is 1.04 bits per heavy atom. The monoisotopic (exact) mass is 702 g/mol. The molecule has 0 bridgehead atoms. The van der Waals surface area contributed by atoms with E-state index in [0.29, 0.717) is 95.4 Å². The van der Waals surface area contributed by atoms with Crippen molar-refractivity contribution in [3.63, 3.8) is 0 Å². The van der Waals surface area contributed by atoms with Crippen LogP contribution in [-0.4, -0.2) is 42.6 Å². The van der Waals surface area contributed by atoms with Crippen molar-refractivity contribution in [2.75, 3.05) is 6.67 Å². The first-order valence-electron chi connectivity index (χ1n) is 20.6. The first-order chi connectivity index (χ1) is 24.3. The molecule has 2 N–H and O–H groups in total. The van der Waals surface area contributed by atoms with E-state index in [0.717, 1.165) is 64.2 Å². The van der Waals surface area contributed by atoms with Gasteiger partial charge in [-0.1, -0.05) is 52.7 Å². The summed E-state index contributed by atoms with van der Waals surface area (Å²) in [5.41, 5.74) is 2.64. The maximum atomic E-state index is 13.2. The number of hydrogen-bond acceptors (Lipinski definition) is 6. The molecule has 8 aliphatic rings. The number of carbonyl (C=O) groups is 4. The Kier molecular flexibility index (Phi) is 9.05. The first kappa shape index (κ1) is 35.4. The molecule has 51 heavy (non-hydrogen) atoms. The molecule has 280 valence electrons. The van der Waals surface area contributed by atoms with Gasteiger partial charge >= 0.3 is 12.2 Å². The molecule has 0 aromatic carbocycles. The lowest BCUT2D eigenvalue weighted by Crippen LogP contribution is -2.54. The number of allylic oxidation sites excluding steroid dienone is 2. The molecule has 8 rings (SSSR count). The van der Waals surface area contributed by atoms with E-state index in [2.05, 4.69) is 52.2 Å². The van der Waals surface area contributed by atoms with E-state index in [-0.39, 0.29) is 29.7 Å². The number of carbonyl (C=O) groups excluding carboxylic acids is 4. The van der Waals surface area contributed by atoms with Crippen molar-refractivity contribution in [1.29, 1.82) is 0 Å². The highest BCUT2D eigenvalue weighted by molar-refractivity contribution is 5.91. The molecular formula is C43H62N2O6. The highest BCUT2D eigenvalue weighted by Gasteiger charge is 2.62. The lowest BCUT2D eigenvalue weighted by Gasteiger charge is -2.58. The normalized spacial score (nSPS) is 48.4. The van der Waals surface area contributed by atoms with E-state index in [1.54, 1.807) is 0 Å². The number of fused-ring (bicyclic) bond motifs is 10. The average Bonchev–Trinajstić information content (AvgIpc) is 3.55. The molecule has 16 atom stereocenters. The summed E-state index contributed by atoms with van der Waals surface area (Å²) in [7, 11) is 0. The summed E-state index contributed by atoms with van der Waals surface area (Å²) in [6, 6.07) is 0. The van der Waals surface area contributed by atoms with Crippen molar-refractivity contribution < 1.29 is 28.7 Å². The summed E-state index contributed by atoms with van der Waals surface area (Å²) in [6.45, 7) is 14.2. The van der Waals surface area contributed by atoms with Crippen molar-refractivity contribution in [3.8, 4) is 0 Å². The van der Waals surface area contributed by atoms with Crippen LogP contribution < -0.4 is 10.6 Å². The Morgan fingerprint density at radius 1 is 0.627 bits per heavy atom. The minimum Gasteiger partial charge on any atom is -0.446 e. The molecule has 0 aromatic heterocycles. The summed E-state index contributed by atoms with van der Waals surface area (Å²) < 4.78 is 12.3. The Hall–Kier alpha value is -2.64. The zero-order valence-electron chi connectivity index (χ0n) is 31.9. The van der Waals surface area contributed by atoms with Crippen LogP contribution >= 0.6 is 0 Å². The number of alkyl carbamates (subject to hydrolysis) is 2. The standard InChI is InChI=1S/C43H62N2O6/c1-22-15-26-17-28(46)7-9-30(26)36-24(3)19-42(5)32(38(22)36)11-13-34(42)50-40(48)44-21-45-41(49)51-35-14-12-33-39-23(2)16-27-18-29(47)8-10-31(27)37(39)25(4)20-43(33,35)6/h17-18,22-25,30-39H,7-16,19-21H2,1-6H3,(H,44,48)(H,45,49)/t22-,23-,24+,25+,30?,31?,32?,33?,34+,35+,36?,37?,38?,39?,42+,43+/m1/s1. The second-order valence-corrected chi connectivity index (χ2v) is 19.4. The minimum atomic E-state index is -0.478. The third-order valence-electron chi connectivity index (χ3n) is 16.7. The van der Waals surface area contributed by atoms with Crippen LogP contribution in [0, 0.1) is 81.8 Å². The highest BCUT2D eigenvalue weighted by Crippen LogP contribution is 2.66. The zero-order valence-corrected chi connectivity index (χ0v) is 31.9. The number of ketones is 2. The van der Waals surface area contributed by atoms with Crippen LogP contribution in [0.15, 0.2) is 23.3 Å². The Bertz CT molecular complexity index is 1410. The fraction of sp³-hybridized carbons (Fsp3) is 0.814. The number of hydrogen-bond donors (Lipinski definition) is 2. The predicted octanol–water partition coefficient (Wildman–Crippen LogP) is 8.40. The van der Waals surface area contributed by atoms with Crippen molar-refractivity contribution in [2.24, 2.45) is 81.8 Å². The van der Waals surface area contributed by atoms with Crippen LogP contribution in [-0.2, 0) is 19.1 Å². The van der Waals surface area contributed by atoms with Crippen molar-refractivity contribution >= 4 is 23.8 Å². The van der Waals surface area contributed by atoms with Gasteiger partial charge in [0.25, 0.3) is 0 Å². The summed E-state index contributed by atoms with van der Waals surface area (Å²) in [6.07, 6.45) is 14.0. The highest BCUT2D eigenvalue weighted by atomic mass is 16.6. The topological polar surface area (TPSA) is 111 Å². The second kappa shape index (κ2) is 13.0. The van der Waals surface area contributed by atoms with Crippen LogP contribution in [0.2, 0.25) is 0 Å². The lowest BCUT2D eigenvalue weighted by atomic mass is 9.47. The van der Waals surface area contributed by atoms with Crippen LogP contribution in [0.25, 0.3) is 0 Å². The van der Waals surface area contributed by atoms with Gasteiger partial charge in [0.15, 0.2) is 11.6 Å². The Morgan fingerprint density at radius 3 is 1.45 bits per heavy atom. The first-order valence-corrected chi connectivity index (χ1v) is 20.6. The number of amides is 2. The maximum Gasteiger partial charge on any atom is 0.408 e. The van der Waals surface area contributed by atoms with E-state index < -0.39 is 12.2 Å². The molecule has 0 heterocycles. The number of rotatable bonds is 4. The maximum absolute atomic E-state index is 13.2. The molecule has 6 fully saturated rings. The SMILES string of the molecule is C[C@@H]1CC2=CC(=O)CCC2C2C1C1CC[C@H](OC(=O)NCNC(=O)O[C@H]3CCC4C5C(C6CCC(=O)C=C6C[C@H]5C)[C@@H](C)C[C@@]43C)[C@@]1(C)C[C@@H]2C. The van der Waals surface area contributed by atoms with Gasteiger partial charge in [0.05, 0.1) is 6.67 Å². The molecule has 6 saturated carbocycles. The molecule has 8 unspecified atom stereocenters. The molecule has 8 nitrogen and oxygen atoms in total. The van der Waals surface area contributed by atoms with Gasteiger partial charge in [-0.2, -0.15) is 0 Å². The smallest absolute Gasteiger partial charge is 0.408 e. The van der Waals surface area contributed by atoms with E-state index in [1.807, 2.05) is 12.2 Å². The molecule has 8 heteroatoms. The summed E-state index contributed by atoms with van der Waals surface area (Å²) in [5, 5.41) is 5.60. The molecule has 0 radical (unpaired) electrons. The molecule has 0 spiro atoms. The summed E-state index contributed by atoms with van der Waals surface area (Å²) in [4.78, 5) is 50.8. The quantitative estimate of drug-likeness (QED) is 0.285. The fourth-order valence-corrected chi connectivity index (χ4v) is 15.1. The Labute approximate surface area is 305 Å². The minimum absolute atomic E-state index is 0.0291. The van der Waals surface area contributed by atoms with E-state index in [9.17, 15) is 19.2 Å². The summed E-state index contributed by atoms with van der Waals surface area (Å²) in [5.74, 6) is 7.11. The molecule has 2 amide bonds.